The molecule has 2 N–H and O–H groups in total. The van der Waals surface area contributed by atoms with Crippen molar-refractivity contribution in [3.8, 4) is 5.75 Å². The molecule has 0 saturated carbocycles. The van der Waals surface area contributed by atoms with Crippen LogP contribution in [-0.4, -0.2) is 22.4 Å². The van der Waals surface area contributed by atoms with Crippen molar-refractivity contribution in [3.05, 3.63) is 66.7 Å². The molecular formula is C16H14Cl2N4O6. The molecule has 0 radical (unpaired) electrons. The molecular weight excluding hydrogens is 415 g/mol. The van der Waals surface area contributed by atoms with Crippen LogP contribution >= 0.6 is 23.2 Å². The van der Waals surface area contributed by atoms with Crippen molar-refractivity contribution in [3.63, 3.8) is 0 Å². The Morgan fingerprint density at radius 1 is 1.07 bits per heavy atom. The lowest BCUT2D eigenvalue weighted by Gasteiger charge is -2.10. The van der Waals surface area contributed by atoms with Crippen molar-refractivity contribution < 1.29 is 19.4 Å². The third-order valence-electron chi connectivity index (χ3n) is 3.43. The van der Waals surface area contributed by atoms with Gasteiger partial charge in [0.2, 0.25) is 5.91 Å². The van der Waals surface area contributed by atoms with Crippen molar-refractivity contribution in [2.75, 3.05) is 12.0 Å². The summed E-state index contributed by atoms with van der Waals surface area (Å²) in [5.74, 6) is -0.00967. The largest absolute Gasteiger partial charge is 0.492 e. The highest BCUT2D eigenvalue weighted by Gasteiger charge is 2.19. The molecule has 0 spiro atoms. The fourth-order valence-electron chi connectivity index (χ4n) is 2.10. The maximum absolute atomic E-state index is 11.8. The van der Waals surface area contributed by atoms with E-state index >= 15 is 0 Å². The topological polar surface area (TPSA) is 137 Å². The van der Waals surface area contributed by atoms with E-state index in [2.05, 4.69) is 10.9 Å². The molecule has 0 aliphatic carbocycles. The lowest BCUT2D eigenvalue weighted by atomic mass is 10.2. The van der Waals surface area contributed by atoms with E-state index in [-0.39, 0.29) is 18.7 Å². The number of hydrogen-bond acceptors (Lipinski definition) is 7. The molecule has 0 aromatic heterocycles. The Labute approximate surface area is 168 Å². The average molecular weight is 429 g/mol. The lowest BCUT2D eigenvalue weighted by molar-refractivity contribution is -0.393. The molecule has 0 bridgehead atoms. The minimum Gasteiger partial charge on any atom is -0.492 e. The van der Waals surface area contributed by atoms with E-state index in [1.165, 1.54) is 6.07 Å². The molecule has 0 aliphatic rings. The zero-order valence-electron chi connectivity index (χ0n) is 14.2. The molecule has 0 fully saturated rings. The second-order valence-electron chi connectivity index (χ2n) is 5.42. The highest BCUT2D eigenvalue weighted by atomic mass is 35.5. The second kappa shape index (κ2) is 9.72. The number of amides is 1. The van der Waals surface area contributed by atoms with Crippen LogP contribution in [0.5, 0.6) is 5.75 Å². The zero-order chi connectivity index (χ0) is 20.7. The van der Waals surface area contributed by atoms with Gasteiger partial charge in [0.15, 0.2) is 0 Å². The first-order chi connectivity index (χ1) is 13.3. The number of rotatable bonds is 9. The summed E-state index contributed by atoms with van der Waals surface area (Å²) in [4.78, 5) is 32.0. The Kier molecular flexibility index (Phi) is 7.36. The monoisotopic (exact) mass is 428 g/mol. The first kappa shape index (κ1) is 21.2. The van der Waals surface area contributed by atoms with Gasteiger partial charge in [-0.25, -0.2) is 0 Å². The maximum Gasteiger partial charge on any atom is 0.300 e. The highest BCUT2D eigenvalue weighted by Crippen LogP contribution is 2.29. The van der Waals surface area contributed by atoms with E-state index in [1.807, 2.05) is 0 Å². The first-order valence-corrected chi connectivity index (χ1v) is 8.59. The Morgan fingerprint density at radius 2 is 1.82 bits per heavy atom. The predicted octanol–water partition coefficient (Wildman–Crippen LogP) is 4.11. The molecule has 0 aliphatic heterocycles. The smallest absolute Gasteiger partial charge is 0.300 e. The van der Waals surface area contributed by atoms with E-state index in [1.54, 1.807) is 12.1 Å². The first-order valence-electron chi connectivity index (χ1n) is 7.83. The second-order valence-corrected chi connectivity index (χ2v) is 6.26. The maximum atomic E-state index is 11.8. The summed E-state index contributed by atoms with van der Waals surface area (Å²) in [6.45, 7) is 0.215. The van der Waals surface area contributed by atoms with Crippen LogP contribution < -0.4 is 15.6 Å². The molecule has 0 unspecified atom stereocenters. The van der Waals surface area contributed by atoms with Gasteiger partial charge in [-0.3, -0.25) is 35.9 Å². The van der Waals surface area contributed by atoms with Crippen LogP contribution in [0, 0.1) is 20.2 Å². The number of ether oxygens (including phenoxy) is 1. The van der Waals surface area contributed by atoms with Crippen LogP contribution in [0.4, 0.5) is 17.1 Å². The van der Waals surface area contributed by atoms with Crippen molar-refractivity contribution in [1.82, 2.24) is 5.43 Å². The lowest BCUT2D eigenvalue weighted by Crippen LogP contribution is -2.29. The number of carbonyl (C=O) groups is 1. The third-order valence-corrected chi connectivity index (χ3v) is 3.96. The average Bonchev–Trinajstić information content (AvgIpc) is 2.64. The number of nitro benzene ring substituents is 2. The third kappa shape index (κ3) is 5.96. The Bertz CT molecular complexity index is 909. The van der Waals surface area contributed by atoms with Crippen LogP contribution in [0.25, 0.3) is 0 Å². The van der Waals surface area contributed by atoms with Crippen LogP contribution in [0.1, 0.15) is 12.8 Å². The van der Waals surface area contributed by atoms with E-state index in [9.17, 15) is 25.0 Å². The predicted molar refractivity (Wildman–Crippen MR) is 103 cm³/mol. The summed E-state index contributed by atoms with van der Waals surface area (Å²) in [6, 6.07) is 7.80. The number of carbonyl (C=O) groups excluding carboxylic acids is 1. The number of benzene rings is 2. The van der Waals surface area contributed by atoms with Crippen molar-refractivity contribution in [2.24, 2.45) is 0 Å². The minimum atomic E-state index is -0.787. The quantitative estimate of drug-likeness (QED) is 0.348. The van der Waals surface area contributed by atoms with Gasteiger partial charge in [0, 0.05) is 17.5 Å². The van der Waals surface area contributed by atoms with Gasteiger partial charge < -0.3 is 4.74 Å². The molecule has 1 amide bonds. The highest BCUT2D eigenvalue weighted by molar-refractivity contribution is 6.35. The summed E-state index contributed by atoms with van der Waals surface area (Å²) in [6.07, 6.45) is 0.424. The summed E-state index contributed by atoms with van der Waals surface area (Å²) >= 11 is 11.7. The standard InChI is InChI=1S/C16H14Cl2N4O6/c17-10-3-6-15(12(18)8-10)28-7-1-2-16(23)20-19-13-5-4-11(21(24)25)9-14(13)22(26)27/h3-6,8-9,19H,1-2,7H2,(H,20,23). The Hall–Kier alpha value is -3.11. The number of hydrazine groups is 1. The molecule has 0 heterocycles. The van der Waals surface area contributed by atoms with Crippen molar-refractivity contribution >= 4 is 46.2 Å². The molecule has 2 aromatic carbocycles. The molecule has 2 rings (SSSR count). The van der Waals surface area contributed by atoms with Crippen LogP contribution in [0.15, 0.2) is 36.4 Å². The summed E-state index contributed by atoms with van der Waals surface area (Å²) in [5, 5.41) is 22.6. The Balaban J connectivity index is 1.82. The number of nitrogens with one attached hydrogen (secondary N) is 2. The van der Waals surface area contributed by atoms with Crippen LogP contribution in [0.3, 0.4) is 0 Å². The molecule has 0 atom stereocenters. The summed E-state index contributed by atoms with van der Waals surface area (Å²) in [5.41, 5.74) is 3.66. The molecule has 28 heavy (non-hydrogen) atoms. The summed E-state index contributed by atoms with van der Waals surface area (Å²) in [7, 11) is 0. The minimum absolute atomic E-state index is 0.0684. The van der Waals surface area contributed by atoms with E-state index in [0.717, 1.165) is 18.2 Å². The number of hydrogen-bond donors (Lipinski definition) is 2. The van der Waals surface area contributed by atoms with Gasteiger partial charge in [-0.05, 0) is 30.7 Å². The molecule has 2 aromatic rings. The van der Waals surface area contributed by atoms with E-state index < -0.39 is 27.1 Å². The molecule has 12 heteroatoms. The Morgan fingerprint density at radius 3 is 2.46 bits per heavy atom. The van der Waals surface area contributed by atoms with Crippen LogP contribution in [-0.2, 0) is 4.79 Å². The van der Waals surface area contributed by atoms with Gasteiger partial charge in [0.25, 0.3) is 5.69 Å². The van der Waals surface area contributed by atoms with Gasteiger partial charge in [-0.2, -0.15) is 0 Å². The van der Waals surface area contributed by atoms with Crippen molar-refractivity contribution in [2.45, 2.75) is 12.8 Å². The van der Waals surface area contributed by atoms with E-state index in [0.29, 0.717) is 22.2 Å². The van der Waals surface area contributed by atoms with Gasteiger partial charge in [-0.1, -0.05) is 23.2 Å². The zero-order valence-corrected chi connectivity index (χ0v) is 15.7. The van der Waals surface area contributed by atoms with E-state index in [4.69, 9.17) is 27.9 Å². The normalized spacial score (nSPS) is 10.2. The molecule has 10 nitrogen and oxygen atoms in total. The molecule has 0 saturated heterocycles. The van der Waals surface area contributed by atoms with Gasteiger partial charge >= 0.3 is 5.69 Å². The summed E-state index contributed by atoms with van der Waals surface area (Å²) < 4.78 is 5.45. The SMILES string of the molecule is O=C(CCCOc1ccc(Cl)cc1Cl)NNc1ccc([N+](=O)[O-])cc1[N+](=O)[O-]. The number of anilines is 1. The fourth-order valence-corrected chi connectivity index (χ4v) is 2.56. The van der Waals surface area contributed by atoms with Crippen molar-refractivity contribution in [1.29, 1.82) is 0 Å². The van der Waals surface area contributed by atoms with Gasteiger partial charge in [-0.15, -0.1) is 0 Å². The number of halogens is 2. The number of non-ortho nitro benzene ring substituents is 1. The fraction of sp³-hybridized carbons (Fsp3) is 0.188. The number of nitrogens with zero attached hydrogens (tertiary/aromatic N) is 2. The number of nitro groups is 2. The van der Waals surface area contributed by atoms with Gasteiger partial charge in [0.05, 0.1) is 27.5 Å². The van der Waals surface area contributed by atoms with Crippen LogP contribution in [0.2, 0.25) is 10.0 Å². The van der Waals surface area contributed by atoms with Gasteiger partial charge in [0.1, 0.15) is 11.4 Å². The molecule has 148 valence electrons.